The second-order valence-electron chi connectivity index (χ2n) is 4.37. The third-order valence-corrected chi connectivity index (χ3v) is 4.28. The first-order valence-corrected chi connectivity index (χ1v) is 7.31. The molecule has 0 aliphatic heterocycles. The van der Waals surface area contributed by atoms with Gasteiger partial charge >= 0.3 is 0 Å². The summed E-state index contributed by atoms with van der Waals surface area (Å²) in [4.78, 5) is -0.603. The summed E-state index contributed by atoms with van der Waals surface area (Å²) >= 11 is 0. The van der Waals surface area contributed by atoms with E-state index in [0.717, 1.165) is 12.1 Å². The molecule has 1 N–H and O–H groups in total. The Labute approximate surface area is 115 Å². The summed E-state index contributed by atoms with van der Waals surface area (Å²) in [6.45, 7) is 3.29. The van der Waals surface area contributed by atoms with Crippen LogP contribution < -0.4 is 4.72 Å². The summed E-state index contributed by atoms with van der Waals surface area (Å²) in [5.74, 6) is -0.927. The molecule has 1 aromatic carbocycles. The van der Waals surface area contributed by atoms with Crippen LogP contribution in [-0.2, 0) is 10.0 Å². The lowest BCUT2D eigenvalue weighted by Gasteiger charge is -2.12. The molecule has 0 aliphatic rings. The highest BCUT2D eigenvalue weighted by atomic mass is 32.2. The minimum atomic E-state index is -4.10. The number of furan rings is 1. The number of halogens is 2. The smallest absolute Gasteiger partial charge is 0.244 e. The van der Waals surface area contributed by atoms with Crippen LogP contribution in [-0.4, -0.2) is 8.42 Å². The van der Waals surface area contributed by atoms with Crippen LogP contribution >= 0.6 is 0 Å². The third kappa shape index (κ3) is 3.05. The number of hydrogen-bond donors (Lipinski definition) is 1. The van der Waals surface area contributed by atoms with E-state index in [2.05, 4.69) is 4.72 Å². The van der Waals surface area contributed by atoms with E-state index in [1.807, 2.05) is 0 Å². The molecule has 1 unspecified atom stereocenters. The molecule has 108 valence electrons. The summed E-state index contributed by atoms with van der Waals surface area (Å²) in [5, 5.41) is 0. The van der Waals surface area contributed by atoms with Crippen molar-refractivity contribution >= 4 is 10.0 Å². The molecule has 0 saturated carbocycles. The monoisotopic (exact) mass is 301 g/mol. The largest absolute Gasteiger partial charge is 0.465 e. The highest BCUT2D eigenvalue weighted by Crippen LogP contribution is 2.21. The summed E-state index contributed by atoms with van der Waals surface area (Å²) in [6.07, 6.45) is 0. The second kappa shape index (κ2) is 5.34. The predicted molar refractivity (Wildman–Crippen MR) is 68.5 cm³/mol. The maximum absolute atomic E-state index is 13.5. The molecule has 1 heterocycles. The molecular weight excluding hydrogens is 288 g/mol. The van der Waals surface area contributed by atoms with Crippen LogP contribution in [0.15, 0.2) is 39.6 Å². The molecule has 0 fully saturated rings. The summed E-state index contributed by atoms with van der Waals surface area (Å²) in [6, 6.07) is 4.95. The van der Waals surface area contributed by atoms with Crippen LogP contribution in [0.5, 0.6) is 0 Å². The highest BCUT2D eigenvalue weighted by molar-refractivity contribution is 7.89. The Balaban J connectivity index is 2.27. The predicted octanol–water partition coefficient (Wildman–Crippen LogP) is 2.91. The molecule has 0 spiro atoms. The Kier molecular flexibility index (Phi) is 3.92. The van der Waals surface area contributed by atoms with E-state index in [-0.39, 0.29) is 0 Å². The minimum absolute atomic E-state index is 0.411. The van der Waals surface area contributed by atoms with Gasteiger partial charge in [-0.25, -0.2) is 21.9 Å². The van der Waals surface area contributed by atoms with Gasteiger partial charge in [-0.05, 0) is 38.1 Å². The number of benzene rings is 1. The molecule has 0 radical (unpaired) electrons. The van der Waals surface area contributed by atoms with Crippen molar-refractivity contribution in [3.63, 3.8) is 0 Å². The Morgan fingerprint density at radius 3 is 2.45 bits per heavy atom. The third-order valence-electron chi connectivity index (χ3n) is 2.70. The summed E-state index contributed by atoms with van der Waals surface area (Å²) < 4.78 is 58.0. The zero-order chi connectivity index (χ0) is 14.9. The van der Waals surface area contributed by atoms with E-state index in [9.17, 15) is 17.2 Å². The first kappa shape index (κ1) is 14.7. The van der Waals surface area contributed by atoms with E-state index in [1.54, 1.807) is 26.0 Å². The molecule has 4 nitrogen and oxygen atoms in total. The number of sulfonamides is 1. The maximum atomic E-state index is 13.5. The quantitative estimate of drug-likeness (QED) is 0.944. The van der Waals surface area contributed by atoms with Crippen molar-refractivity contribution in [2.24, 2.45) is 0 Å². The average molecular weight is 301 g/mol. The van der Waals surface area contributed by atoms with Crippen LogP contribution in [0.2, 0.25) is 0 Å². The topological polar surface area (TPSA) is 59.3 Å². The van der Waals surface area contributed by atoms with Crippen LogP contribution in [0, 0.1) is 18.6 Å². The van der Waals surface area contributed by atoms with E-state index in [1.165, 1.54) is 0 Å². The average Bonchev–Trinajstić information content (AvgIpc) is 2.74. The van der Waals surface area contributed by atoms with Gasteiger partial charge in [0.1, 0.15) is 28.1 Å². The molecule has 0 bridgehead atoms. The lowest BCUT2D eigenvalue weighted by atomic mass is 10.3. The standard InChI is InChI=1S/C13H13F2NO3S/c1-8-3-5-12(19-8)9(2)16-20(17,18)13-6-4-10(14)7-11(13)15/h3-7,9,16H,1-2H3. The van der Waals surface area contributed by atoms with Crippen LogP contribution in [0.4, 0.5) is 8.78 Å². The van der Waals surface area contributed by atoms with Gasteiger partial charge < -0.3 is 4.42 Å². The fraction of sp³-hybridized carbons (Fsp3) is 0.231. The van der Waals surface area contributed by atoms with Crippen LogP contribution in [0.1, 0.15) is 24.5 Å². The van der Waals surface area contributed by atoms with Crippen molar-refractivity contribution in [2.75, 3.05) is 0 Å². The first-order valence-electron chi connectivity index (χ1n) is 5.83. The van der Waals surface area contributed by atoms with Crippen LogP contribution in [0.25, 0.3) is 0 Å². The zero-order valence-electron chi connectivity index (χ0n) is 10.9. The van der Waals surface area contributed by atoms with E-state index in [0.29, 0.717) is 17.6 Å². The molecule has 2 rings (SSSR count). The molecule has 7 heteroatoms. The Bertz CT molecular complexity index is 725. The lowest BCUT2D eigenvalue weighted by molar-refractivity contribution is 0.440. The van der Waals surface area contributed by atoms with Crippen molar-refractivity contribution in [1.82, 2.24) is 4.72 Å². The molecule has 0 saturated heterocycles. The molecular formula is C13H13F2NO3S. The molecule has 0 aliphatic carbocycles. The number of aryl methyl sites for hydroxylation is 1. The van der Waals surface area contributed by atoms with Gasteiger partial charge in [0.25, 0.3) is 0 Å². The van der Waals surface area contributed by atoms with Gasteiger partial charge in [-0.15, -0.1) is 0 Å². The number of hydrogen-bond acceptors (Lipinski definition) is 3. The molecule has 2 aromatic rings. The zero-order valence-corrected chi connectivity index (χ0v) is 11.7. The number of rotatable bonds is 4. The van der Waals surface area contributed by atoms with Crippen molar-refractivity contribution < 1.29 is 21.6 Å². The van der Waals surface area contributed by atoms with Crippen molar-refractivity contribution in [2.45, 2.75) is 24.8 Å². The van der Waals surface area contributed by atoms with Gasteiger partial charge in [-0.2, -0.15) is 0 Å². The van der Waals surface area contributed by atoms with Gasteiger partial charge in [0.15, 0.2) is 0 Å². The fourth-order valence-corrected chi connectivity index (χ4v) is 3.00. The maximum Gasteiger partial charge on any atom is 0.244 e. The normalized spacial score (nSPS) is 13.4. The second-order valence-corrected chi connectivity index (χ2v) is 6.05. The fourth-order valence-electron chi connectivity index (χ4n) is 1.73. The van der Waals surface area contributed by atoms with Crippen molar-refractivity contribution in [3.05, 3.63) is 53.5 Å². The Morgan fingerprint density at radius 1 is 1.20 bits per heavy atom. The SMILES string of the molecule is Cc1ccc(C(C)NS(=O)(=O)c2ccc(F)cc2F)o1. The van der Waals surface area contributed by atoms with Gasteiger partial charge in [-0.3, -0.25) is 0 Å². The van der Waals surface area contributed by atoms with Gasteiger partial charge in [0, 0.05) is 6.07 Å². The highest BCUT2D eigenvalue weighted by Gasteiger charge is 2.23. The van der Waals surface area contributed by atoms with Gasteiger partial charge in [0.05, 0.1) is 6.04 Å². The van der Waals surface area contributed by atoms with E-state index < -0.39 is 32.6 Å². The molecule has 20 heavy (non-hydrogen) atoms. The van der Waals surface area contributed by atoms with Gasteiger partial charge in [-0.1, -0.05) is 0 Å². The summed E-state index contributed by atoms with van der Waals surface area (Å²) in [5.41, 5.74) is 0. The minimum Gasteiger partial charge on any atom is -0.465 e. The van der Waals surface area contributed by atoms with E-state index in [4.69, 9.17) is 4.42 Å². The van der Waals surface area contributed by atoms with E-state index >= 15 is 0 Å². The van der Waals surface area contributed by atoms with Crippen LogP contribution in [0.3, 0.4) is 0 Å². The molecule has 1 atom stereocenters. The van der Waals surface area contributed by atoms with Gasteiger partial charge in [0.2, 0.25) is 10.0 Å². The number of nitrogens with one attached hydrogen (secondary N) is 1. The lowest BCUT2D eigenvalue weighted by Crippen LogP contribution is -2.27. The Hall–Kier alpha value is -1.73. The Morgan fingerprint density at radius 2 is 1.90 bits per heavy atom. The molecule has 1 aromatic heterocycles. The van der Waals surface area contributed by atoms with Crippen molar-refractivity contribution in [1.29, 1.82) is 0 Å². The first-order chi connectivity index (χ1) is 9.29. The summed E-state index contributed by atoms with van der Waals surface area (Å²) in [7, 11) is -4.10. The molecule has 0 amide bonds. The van der Waals surface area contributed by atoms with Crippen molar-refractivity contribution in [3.8, 4) is 0 Å².